The number of hydrogen-bond donors (Lipinski definition) is 0. The number of rotatable bonds is 7. The molecule has 2 aromatic carbocycles. The maximum absolute atomic E-state index is 12.7. The van der Waals surface area contributed by atoms with E-state index in [1.54, 1.807) is 36.4 Å². The number of methoxy groups -OCH3 is 2. The lowest BCUT2D eigenvalue weighted by Crippen LogP contribution is -2.42. The second kappa shape index (κ2) is 10.4. The lowest BCUT2D eigenvalue weighted by molar-refractivity contribution is -0.148. The number of benzene rings is 2. The lowest BCUT2D eigenvalue weighted by atomic mass is 10.1. The van der Waals surface area contributed by atoms with Crippen LogP contribution in [0.1, 0.15) is 23.6 Å². The van der Waals surface area contributed by atoms with E-state index in [1.165, 1.54) is 27.2 Å². The number of ether oxygens (including phenoxy) is 3. The van der Waals surface area contributed by atoms with Crippen LogP contribution in [0.5, 0.6) is 11.5 Å². The average Bonchev–Trinajstić information content (AvgIpc) is 3.09. The summed E-state index contributed by atoms with van der Waals surface area (Å²) < 4.78 is 15.8. The summed E-state index contributed by atoms with van der Waals surface area (Å²) in [6.07, 6.45) is 1.48. The van der Waals surface area contributed by atoms with E-state index >= 15 is 0 Å². The first-order valence-corrected chi connectivity index (χ1v) is 10.8. The standard InChI is InChI=1S/C23H19ClN2O6S/c1-13(22(28)31-3)26-21(27)19(33-23(26)29)10-14-8-17(24)20(18(9-14)30-2)32-12-16-7-5-4-6-15(16)11-25/h4-10,13H,12H2,1-3H3/b19-10+/t13-/m1/s1. The summed E-state index contributed by atoms with van der Waals surface area (Å²) in [6, 6.07) is 11.3. The van der Waals surface area contributed by atoms with Crippen LogP contribution in [0.4, 0.5) is 4.79 Å². The Balaban J connectivity index is 1.86. The van der Waals surface area contributed by atoms with Crippen molar-refractivity contribution < 1.29 is 28.6 Å². The smallest absolute Gasteiger partial charge is 0.328 e. The van der Waals surface area contributed by atoms with Crippen molar-refractivity contribution in [1.82, 2.24) is 4.90 Å². The first-order valence-electron chi connectivity index (χ1n) is 9.64. The minimum Gasteiger partial charge on any atom is -0.493 e. The van der Waals surface area contributed by atoms with Gasteiger partial charge in [0, 0.05) is 5.56 Å². The van der Waals surface area contributed by atoms with Gasteiger partial charge in [-0.1, -0.05) is 29.8 Å². The van der Waals surface area contributed by atoms with E-state index in [9.17, 15) is 19.6 Å². The normalized spacial score (nSPS) is 15.4. The Bertz CT molecular complexity index is 1190. The molecular formula is C23H19ClN2O6S. The van der Waals surface area contributed by atoms with Gasteiger partial charge >= 0.3 is 5.97 Å². The van der Waals surface area contributed by atoms with Gasteiger partial charge in [-0.3, -0.25) is 14.5 Å². The Kier molecular flexibility index (Phi) is 7.63. The zero-order valence-electron chi connectivity index (χ0n) is 18.0. The SMILES string of the molecule is COC(=O)[C@@H](C)N1C(=O)S/C(=C/c2cc(Cl)c(OCc3ccccc3C#N)c(OC)c2)C1=O. The predicted octanol–water partition coefficient (Wildman–Crippen LogP) is 4.40. The van der Waals surface area contributed by atoms with E-state index in [4.69, 9.17) is 21.1 Å². The molecule has 1 atom stereocenters. The van der Waals surface area contributed by atoms with Crippen molar-refractivity contribution in [2.75, 3.05) is 14.2 Å². The number of imide groups is 1. The number of nitrogens with zero attached hydrogens (tertiary/aromatic N) is 2. The quantitative estimate of drug-likeness (QED) is 0.419. The molecule has 0 unspecified atom stereocenters. The summed E-state index contributed by atoms with van der Waals surface area (Å²) in [6.45, 7) is 1.52. The Morgan fingerprint density at radius 2 is 2.00 bits per heavy atom. The highest BCUT2D eigenvalue weighted by molar-refractivity contribution is 8.18. The second-order valence-electron chi connectivity index (χ2n) is 6.84. The predicted molar refractivity (Wildman–Crippen MR) is 123 cm³/mol. The van der Waals surface area contributed by atoms with Crippen molar-refractivity contribution in [3.8, 4) is 17.6 Å². The minimum atomic E-state index is -1.04. The van der Waals surface area contributed by atoms with Gasteiger partial charge in [0.15, 0.2) is 11.5 Å². The van der Waals surface area contributed by atoms with Crippen molar-refractivity contribution in [3.05, 3.63) is 63.0 Å². The fraction of sp³-hybridized carbons (Fsp3) is 0.217. The number of amides is 2. The van der Waals surface area contributed by atoms with Crippen LogP contribution < -0.4 is 9.47 Å². The molecule has 0 aromatic heterocycles. The maximum atomic E-state index is 12.7. The third-order valence-corrected chi connectivity index (χ3v) is 5.98. The fourth-order valence-electron chi connectivity index (χ4n) is 3.11. The molecule has 10 heteroatoms. The number of thioether (sulfide) groups is 1. The van der Waals surface area contributed by atoms with Gasteiger partial charge in [0.25, 0.3) is 11.1 Å². The molecule has 8 nitrogen and oxygen atoms in total. The Labute approximate surface area is 199 Å². The molecule has 0 bridgehead atoms. The molecule has 1 aliphatic rings. The van der Waals surface area contributed by atoms with Crippen molar-refractivity contribution in [1.29, 1.82) is 5.26 Å². The summed E-state index contributed by atoms with van der Waals surface area (Å²) in [4.78, 5) is 37.7. The van der Waals surface area contributed by atoms with Crippen LogP contribution in [0.3, 0.4) is 0 Å². The van der Waals surface area contributed by atoms with Crippen LogP contribution in [0.15, 0.2) is 41.3 Å². The van der Waals surface area contributed by atoms with Crippen LogP contribution in [-0.2, 0) is 20.9 Å². The van der Waals surface area contributed by atoms with Crippen LogP contribution in [0, 0.1) is 11.3 Å². The van der Waals surface area contributed by atoms with Crippen molar-refractivity contribution in [2.45, 2.75) is 19.6 Å². The number of nitriles is 1. The topological polar surface area (TPSA) is 106 Å². The fourth-order valence-corrected chi connectivity index (χ4v) is 4.29. The van der Waals surface area contributed by atoms with Crippen LogP contribution in [0.2, 0.25) is 5.02 Å². The molecule has 0 spiro atoms. The van der Waals surface area contributed by atoms with Crippen LogP contribution >= 0.6 is 23.4 Å². The number of esters is 1. The summed E-state index contributed by atoms with van der Waals surface area (Å²) in [7, 11) is 2.63. The zero-order valence-corrected chi connectivity index (χ0v) is 19.5. The molecule has 2 amide bonds. The maximum Gasteiger partial charge on any atom is 0.328 e. The largest absolute Gasteiger partial charge is 0.493 e. The molecule has 3 rings (SSSR count). The molecule has 0 saturated carbocycles. The third-order valence-electron chi connectivity index (χ3n) is 4.81. The number of hydrogen-bond acceptors (Lipinski definition) is 8. The molecule has 2 aromatic rings. The Morgan fingerprint density at radius 1 is 1.27 bits per heavy atom. The highest BCUT2D eigenvalue weighted by Crippen LogP contribution is 2.39. The number of halogens is 1. The van der Waals surface area contributed by atoms with Gasteiger partial charge in [-0.2, -0.15) is 5.26 Å². The first-order chi connectivity index (χ1) is 15.8. The van der Waals surface area contributed by atoms with E-state index in [-0.39, 0.29) is 22.3 Å². The van der Waals surface area contributed by atoms with E-state index in [0.29, 0.717) is 34.2 Å². The van der Waals surface area contributed by atoms with Crippen molar-refractivity contribution in [3.63, 3.8) is 0 Å². The minimum absolute atomic E-state index is 0.101. The summed E-state index contributed by atoms with van der Waals surface area (Å²) in [5.41, 5.74) is 1.68. The van der Waals surface area contributed by atoms with E-state index in [1.807, 2.05) is 0 Å². The molecule has 1 heterocycles. The molecule has 1 fully saturated rings. The number of carbonyl (C=O) groups is 3. The van der Waals surface area contributed by atoms with Gasteiger partial charge in [0.2, 0.25) is 0 Å². The van der Waals surface area contributed by atoms with E-state index in [2.05, 4.69) is 10.8 Å². The van der Waals surface area contributed by atoms with Gasteiger partial charge in [0.1, 0.15) is 12.6 Å². The number of carbonyl (C=O) groups excluding carboxylic acids is 3. The van der Waals surface area contributed by atoms with Gasteiger partial charge in [-0.05, 0) is 48.5 Å². The zero-order chi connectivity index (χ0) is 24.1. The molecular weight excluding hydrogens is 468 g/mol. The molecule has 33 heavy (non-hydrogen) atoms. The Morgan fingerprint density at radius 3 is 2.67 bits per heavy atom. The molecule has 1 aliphatic heterocycles. The van der Waals surface area contributed by atoms with Gasteiger partial charge < -0.3 is 14.2 Å². The molecule has 0 aliphatic carbocycles. The van der Waals surface area contributed by atoms with Gasteiger partial charge in [0.05, 0.1) is 35.8 Å². The highest BCUT2D eigenvalue weighted by Gasteiger charge is 2.41. The highest BCUT2D eigenvalue weighted by atomic mass is 35.5. The monoisotopic (exact) mass is 486 g/mol. The average molecular weight is 487 g/mol. The third kappa shape index (κ3) is 5.13. The molecule has 0 radical (unpaired) electrons. The lowest BCUT2D eigenvalue weighted by Gasteiger charge is -2.18. The molecule has 170 valence electrons. The summed E-state index contributed by atoms with van der Waals surface area (Å²) in [5.74, 6) is -0.712. The first kappa shape index (κ1) is 24.2. The molecule has 1 saturated heterocycles. The Hall–Kier alpha value is -3.48. The van der Waals surface area contributed by atoms with E-state index < -0.39 is 23.2 Å². The van der Waals surface area contributed by atoms with Crippen molar-refractivity contribution in [2.24, 2.45) is 0 Å². The van der Waals surface area contributed by atoms with Crippen LogP contribution in [-0.4, -0.2) is 42.3 Å². The van der Waals surface area contributed by atoms with Gasteiger partial charge in [-0.25, -0.2) is 4.79 Å². The van der Waals surface area contributed by atoms with Crippen LogP contribution in [0.25, 0.3) is 6.08 Å². The van der Waals surface area contributed by atoms with E-state index in [0.717, 1.165) is 4.90 Å². The summed E-state index contributed by atoms with van der Waals surface area (Å²) >= 11 is 7.13. The van der Waals surface area contributed by atoms with Crippen molar-refractivity contribution >= 4 is 46.6 Å². The molecule has 0 N–H and O–H groups in total. The second-order valence-corrected chi connectivity index (χ2v) is 8.24. The van der Waals surface area contributed by atoms with Gasteiger partial charge in [-0.15, -0.1) is 0 Å². The summed E-state index contributed by atoms with van der Waals surface area (Å²) in [5, 5.41) is 8.88.